The van der Waals surface area contributed by atoms with E-state index in [1.165, 1.54) is 18.2 Å². The molecule has 0 spiro atoms. The van der Waals surface area contributed by atoms with E-state index >= 15 is 0 Å². The zero-order valence-corrected chi connectivity index (χ0v) is 11.3. The molecule has 22 heavy (non-hydrogen) atoms. The number of nitrogens with zero attached hydrogens (tertiary/aromatic N) is 2. The van der Waals surface area contributed by atoms with Gasteiger partial charge < -0.3 is 0 Å². The van der Waals surface area contributed by atoms with Gasteiger partial charge in [0.2, 0.25) is 5.78 Å². The third kappa shape index (κ3) is 2.33. The molecular formula is C15H11N3O4. The van der Waals surface area contributed by atoms with Crippen LogP contribution in [0.2, 0.25) is 0 Å². The molecule has 110 valence electrons. The summed E-state index contributed by atoms with van der Waals surface area (Å²) in [6.45, 7) is 0. The Morgan fingerprint density at radius 2 is 1.77 bits per heavy atom. The number of nitro benzene ring substituents is 1. The molecule has 0 aromatic heterocycles. The molecule has 7 heteroatoms. The summed E-state index contributed by atoms with van der Waals surface area (Å²) < 4.78 is 0. The maximum Gasteiger partial charge on any atom is 0.310 e. The van der Waals surface area contributed by atoms with Crippen LogP contribution in [-0.2, 0) is 9.59 Å². The molecule has 0 radical (unpaired) electrons. The van der Waals surface area contributed by atoms with Crippen LogP contribution in [0.4, 0.5) is 11.4 Å². The average Bonchev–Trinajstić information content (AvgIpc) is 2.84. The number of para-hydroxylation sites is 1. The number of carbonyl (C=O) groups is 2. The second-order valence-electron chi connectivity index (χ2n) is 4.75. The number of anilines is 1. The minimum absolute atomic E-state index is 0.127. The van der Waals surface area contributed by atoms with E-state index in [0.29, 0.717) is 11.3 Å². The van der Waals surface area contributed by atoms with Crippen LogP contribution < -0.4 is 10.4 Å². The molecule has 0 aliphatic carbocycles. The van der Waals surface area contributed by atoms with Gasteiger partial charge in [0, 0.05) is 12.1 Å². The smallest absolute Gasteiger partial charge is 0.286 e. The minimum atomic E-state index is -0.924. The molecule has 1 aliphatic heterocycles. The predicted molar refractivity (Wildman–Crippen MR) is 77.9 cm³/mol. The fraction of sp³-hybridized carbons (Fsp3) is 0.0667. The van der Waals surface area contributed by atoms with Gasteiger partial charge in [0.1, 0.15) is 6.04 Å². The van der Waals surface area contributed by atoms with Crippen molar-refractivity contribution in [2.24, 2.45) is 0 Å². The Balaban J connectivity index is 1.93. The van der Waals surface area contributed by atoms with E-state index in [0.717, 1.165) is 5.01 Å². The Kier molecular flexibility index (Phi) is 3.40. The topological polar surface area (TPSA) is 92.6 Å². The maximum atomic E-state index is 12.1. The summed E-state index contributed by atoms with van der Waals surface area (Å²) in [5, 5.41) is 12.0. The van der Waals surface area contributed by atoms with Crippen molar-refractivity contribution in [3.8, 4) is 0 Å². The Labute approximate surface area is 125 Å². The molecule has 1 atom stereocenters. The number of non-ortho nitro benzene ring substituents is 1. The highest BCUT2D eigenvalue weighted by Crippen LogP contribution is 2.27. The van der Waals surface area contributed by atoms with Crippen LogP contribution in [0.5, 0.6) is 0 Å². The van der Waals surface area contributed by atoms with Crippen molar-refractivity contribution in [2.75, 3.05) is 5.01 Å². The SMILES string of the molecule is O=C1C(=O)N(c2ccccc2)NC1c1cccc([N+](=O)[O-])c1. The van der Waals surface area contributed by atoms with Crippen molar-refractivity contribution in [3.63, 3.8) is 0 Å². The van der Waals surface area contributed by atoms with Crippen molar-refractivity contribution in [1.82, 2.24) is 5.43 Å². The second kappa shape index (κ2) is 5.38. The van der Waals surface area contributed by atoms with Crippen LogP contribution in [0.1, 0.15) is 11.6 Å². The van der Waals surface area contributed by atoms with E-state index in [9.17, 15) is 19.7 Å². The quantitative estimate of drug-likeness (QED) is 0.529. The molecule has 1 aliphatic rings. The fourth-order valence-electron chi connectivity index (χ4n) is 2.29. The summed E-state index contributed by atoms with van der Waals surface area (Å²) in [5.74, 6) is -1.34. The molecule has 2 aromatic carbocycles. The van der Waals surface area contributed by atoms with E-state index in [4.69, 9.17) is 0 Å². The molecule has 0 saturated carbocycles. The number of amides is 1. The fourth-order valence-corrected chi connectivity index (χ4v) is 2.29. The first-order chi connectivity index (χ1) is 10.6. The Morgan fingerprint density at radius 1 is 1.05 bits per heavy atom. The summed E-state index contributed by atoms with van der Waals surface area (Å²) in [7, 11) is 0. The van der Waals surface area contributed by atoms with Crippen molar-refractivity contribution in [1.29, 1.82) is 0 Å². The number of ketones is 1. The first-order valence-corrected chi connectivity index (χ1v) is 6.52. The van der Waals surface area contributed by atoms with E-state index < -0.39 is 22.7 Å². The number of rotatable bonds is 3. The lowest BCUT2D eigenvalue weighted by atomic mass is 10.0. The number of benzene rings is 2. The predicted octanol–water partition coefficient (Wildman–Crippen LogP) is 1.76. The van der Waals surface area contributed by atoms with Gasteiger partial charge in [0.25, 0.3) is 5.69 Å². The van der Waals surface area contributed by atoms with Gasteiger partial charge in [-0.3, -0.25) is 19.7 Å². The van der Waals surface area contributed by atoms with Crippen LogP contribution >= 0.6 is 0 Å². The summed E-state index contributed by atoms with van der Waals surface area (Å²) in [6, 6.07) is 13.4. The number of hydrogen-bond donors (Lipinski definition) is 1. The summed E-state index contributed by atoms with van der Waals surface area (Å²) >= 11 is 0. The molecular weight excluding hydrogens is 286 g/mol. The normalized spacial score (nSPS) is 17.8. The zero-order chi connectivity index (χ0) is 15.7. The number of hydrazine groups is 1. The Morgan fingerprint density at radius 3 is 2.45 bits per heavy atom. The standard InChI is InChI=1S/C15H11N3O4/c19-14-13(10-5-4-8-12(9-10)18(21)22)16-17(15(14)20)11-6-2-1-3-7-11/h1-9,13,16H. The van der Waals surface area contributed by atoms with Gasteiger partial charge >= 0.3 is 5.91 Å². The second-order valence-corrected chi connectivity index (χ2v) is 4.75. The van der Waals surface area contributed by atoms with E-state index in [-0.39, 0.29) is 5.69 Å². The lowest BCUT2D eigenvalue weighted by Gasteiger charge is -2.16. The third-order valence-corrected chi connectivity index (χ3v) is 3.36. The zero-order valence-electron chi connectivity index (χ0n) is 11.3. The maximum absolute atomic E-state index is 12.1. The number of nitrogens with one attached hydrogen (secondary N) is 1. The van der Waals surface area contributed by atoms with Crippen molar-refractivity contribution in [3.05, 3.63) is 70.3 Å². The van der Waals surface area contributed by atoms with Gasteiger partial charge in [0.15, 0.2) is 0 Å². The van der Waals surface area contributed by atoms with E-state index in [1.54, 1.807) is 36.4 Å². The number of hydrogen-bond acceptors (Lipinski definition) is 5. The number of nitro groups is 1. The molecule has 1 fully saturated rings. The van der Waals surface area contributed by atoms with Gasteiger partial charge in [-0.15, -0.1) is 0 Å². The van der Waals surface area contributed by atoms with Gasteiger partial charge in [-0.1, -0.05) is 30.3 Å². The van der Waals surface area contributed by atoms with Crippen LogP contribution in [0, 0.1) is 10.1 Å². The summed E-state index contributed by atoms with van der Waals surface area (Å²) in [5.41, 5.74) is 3.59. The minimum Gasteiger partial charge on any atom is -0.286 e. The molecule has 1 saturated heterocycles. The highest BCUT2D eigenvalue weighted by molar-refractivity contribution is 6.45. The Bertz CT molecular complexity index is 760. The van der Waals surface area contributed by atoms with Crippen molar-refractivity contribution < 1.29 is 14.5 Å². The van der Waals surface area contributed by atoms with Gasteiger partial charge in [-0.05, 0) is 17.7 Å². The first kappa shape index (κ1) is 13.9. The van der Waals surface area contributed by atoms with Crippen molar-refractivity contribution >= 4 is 23.1 Å². The van der Waals surface area contributed by atoms with Gasteiger partial charge in [-0.2, -0.15) is 0 Å². The van der Waals surface area contributed by atoms with Crippen LogP contribution in [0.15, 0.2) is 54.6 Å². The molecule has 0 bridgehead atoms. The van der Waals surface area contributed by atoms with Crippen LogP contribution in [-0.4, -0.2) is 16.6 Å². The Hall–Kier alpha value is -3.06. The highest BCUT2D eigenvalue weighted by Gasteiger charge is 2.40. The van der Waals surface area contributed by atoms with Crippen molar-refractivity contribution in [2.45, 2.75) is 6.04 Å². The molecule has 7 nitrogen and oxygen atoms in total. The van der Waals surface area contributed by atoms with E-state index in [1.807, 2.05) is 0 Å². The van der Waals surface area contributed by atoms with Crippen LogP contribution in [0.3, 0.4) is 0 Å². The summed E-state index contributed by atoms with van der Waals surface area (Å²) in [6.07, 6.45) is 0. The van der Waals surface area contributed by atoms with Gasteiger partial charge in [-0.25, -0.2) is 10.4 Å². The summed E-state index contributed by atoms with van der Waals surface area (Å²) in [4.78, 5) is 34.5. The van der Waals surface area contributed by atoms with E-state index in [2.05, 4.69) is 5.43 Å². The molecule has 3 rings (SSSR count). The van der Waals surface area contributed by atoms with Crippen LogP contribution in [0.25, 0.3) is 0 Å². The third-order valence-electron chi connectivity index (χ3n) is 3.36. The lowest BCUT2D eigenvalue weighted by Crippen LogP contribution is -2.35. The monoisotopic (exact) mass is 297 g/mol. The number of carbonyl (C=O) groups excluding carboxylic acids is 2. The number of Topliss-reactive ketones (excluding diaryl/α,β-unsaturated/α-hetero) is 1. The molecule has 1 amide bonds. The molecule has 2 aromatic rings. The van der Waals surface area contributed by atoms with Gasteiger partial charge in [0.05, 0.1) is 10.6 Å². The lowest BCUT2D eigenvalue weighted by molar-refractivity contribution is -0.384. The molecule has 1 heterocycles. The first-order valence-electron chi connectivity index (χ1n) is 6.52. The largest absolute Gasteiger partial charge is 0.310 e. The molecule has 1 unspecified atom stereocenters. The molecule has 1 N–H and O–H groups in total. The average molecular weight is 297 g/mol. The highest BCUT2D eigenvalue weighted by atomic mass is 16.6.